The summed E-state index contributed by atoms with van der Waals surface area (Å²) in [6, 6.07) is 0. The van der Waals surface area contributed by atoms with Gasteiger partial charge in [0.15, 0.2) is 0 Å². The SMILES string of the molecule is CC1CC(C)CC(C2(O)CNC2)C1. The average molecular weight is 183 g/mol. The normalized spacial score (nSPS) is 44.1. The number of hydrogen-bond acceptors (Lipinski definition) is 2. The summed E-state index contributed by atoms with van der Waals surface area (Å²) >= 11 is 0. The minimum atomic E-state index is -0.358. The maximum Gasteiger partial charge on any atom is 0.0923 e. The highest BCUT2D eigenvalue weighted by molar-refractivity contribution is 5.00. The Bertz CT molecular complexity index is 179. The lowest BCUT2D eigenvalue weighted by Gasteiger charge is -2.48. The van der Waals surface area contributed by atoms with Crippen LogP contribution < -0.4 is 5.32 Å². The second-order valence-corrected chi connectivity index (χ2v) is 5.32. The third kappa shape index (κ3) is 1.75. The van der Waals surface area contributed by atoms with E-state index in [2.05, 4.69) is 19.2 Å². The fourth-order valence-electron chi connectivity index (χ4n) is 3.06. The highest BCUT2D eigenvalue weighted by atomic mass is 16.3. The van der Waals surface area contributed by atoms with Crippen LogP contribution in [-0.2, 0) is 0 Å². The minimum absolute atomic E-state index is 0.358. The number of aliphatic hydroxyl groups is 1. The molecule has 0 aromatic carbocycles. The standard InChI is InChI=1S/C11H21NO/c1-8-3-9(2)5-10(4-8)11(13)6-12-7-11/h8-10,12-13H,3-7H2,1-2H3. The molecule has 13 heavy (non-hydrogen) atoms. The van der Waals surface area contributed by atoms with Crippen LogP contribution in [0.2, 0.25) is 0 Å². The third-order valence-corrected chi connectivity index (χ3v) is 3.80. The number of rotatable bonds is 1. The first-order chi connectivity index (χ1) is 6.10. The van der Waals surface area contributed by atoms with E-state index in [0.29, 0.717) is 5.92 Å². The molecule has 0 bridgehead atoms. The molecule has 2 fully saturated rings. The van der Waals surface area contributed by atoms with Crippen molar-refractivity contribution in [2.45, 2.75) is 38.7 Å². The fraction of sp³-hybridized carbons (Fsp3) is 1.00. The van der Waals surface area contributed by atoms with Crippen LogP contribution in [0.5, 0.6) is 0 Å². The van der Waals surface area contributed by atoms with Gasteiger partial charge in [-0.1, -0.05) is 13.8 Å². The Morgan fingerprint density at radius 3 is 2.00 bits per heavy atom. The van der Waals surface area contributed by atoms with Crippen LogP contribution in [0.4, 0.5) is 0 Å². The highest BCUT2D eigenvalue weighted by Gasteiger charge is 2.44. The van der Waals surface area contributed by atoms with E-state index in [1.807, 2.05) is 0 Å². The van der Waals surface area contributed by atoms with Crippen molar-refractivity contribution in [2.75, 3.05) is 13.1 Å². The zero-order valence-corrected chi connectivity index (χ0v) is 8.71. The van der Waals surface area contributed by atoms with Gasteiger partial charge in [0.05, 0.1) is 5.60 Å². The Hall–Kier alpha value is -0.0800. The number of nitrogens with one attached hydrogen (secondary N) is 1. The topological polar surface area (TPSA) is 32.3 Å². The van der Waals surface area contributed by atoms with Crippen molar-refractivity contribution < 1.29 is 5.11 Å². The van der Waals surface area contributed by atoms with E-state index < -0.39 is 0 Å². The van der Waals surface area contributed by atoms with Gasteiger partial charge in [0.2, 0.25) is 0 Å². The molecule has 0 amide bonds. The maximum atomic E-state index is 10.2. The van der Waals surface area contributed by atoms with Gasteiger partial charge in [-0.3, -0.25) is 0 Å². The molecule has 0 aromatic heterocycles. The zero-order valence-electron chi connectivity index (χ0n) is 8.71. The van der Waals surface area contributed by atoms with Crippen molar-refractivity contribution in [3.8, 4) is 0 Å². The third-order valence-electron chi connectivity index (χ3n) is 3.80. The largest absolute Gasteiger partial charge is 0.387 e. The van der Waals surface area contributed by atoms with Crippen molar-refractivity contribution in [3.63, 3.8) is 0 Å². The van der Waals surface area contributed by atoms with E-state index in [1.165, 1.54) is 19.3 Å². The lowest BCUT2D eigenvalue weighted by molar-refractivity contribution is -0.0848. The second kappa shape index (κ2) is 3.25. The minimum Gasteiger partial charge on any atom is -0.387 e. The van der Waals surface area contributed by atoms with Gasteiger partial charge in [-0.15, -0.1) is 0 Å². The molecule has 2 rings (SSSR count). The lowest BCUT2D eigenvalue weighted by Crippen LogP contribution is -2.64. The van der Waals surface area contributed by atoms with Gasteiger partial charge in [-0.25, -0.2) is 0 Å². The molecular formula is C11H21NO. The predicted molar refractivity (Wildman–Crippen MR) is 53.5 cm³/mol. The molecule has 2 nitrogen and oxygen atoms in total. The van der Waals surface area contributed by atoms with Crippen LogP contribution in [0.1, 0.15) is 33.1 Å². The summed E-state index contributed by atoms with van der Waals surface area (Å²) < 4.78 is 0. The van der Waals surface area contributed by atoms with Gasteiger partial charge in [-0.2, -0.15) is 0 Å². The molecule has 0 aromatic rings. The molecule has 1 saturated heterocycles. The van der Waals surface area contributed by atoms with Gasteiger partial charge >= 0.3 is 0 Å². The lowest BCUT2D eigenvalue weighted by atomic mass is 9.67. The molecule has 2 atom stereocenters. The van der Waals surface area contributed by atoms with Gasteiger partial charge < -0.3 is 10.4 Å². The average Bonchev–Trinajstić information content (AvgIpc) is 1.98. The van der Waals surface area contributed by atoms with E-state index in [1.54, 1.807) is 0 Å². The second-order valence-electron chi connectivity index (χ2n) is 5.32. The fourth-order valence-corrected chi connectivity index (χ4v) is 3.06. The smallest absolute Gasteiger partial charge is 0.0923 e. The van der Waals surface area contributed by atoms with Gasteiger partial charge in [-0.05, 0) is 37.0 Å². The summed E-state index contributed by atoms with van der Waals surface area (Å²) in [6.45, 7) is 6.27. The van der Waals surface area contributed by atoms with Gasteiger partial charge in [0.25, 0.3) is 0 Å². The first kappa shape index (κ1) is 9.47. The van der Waals surface area contributed by atoms with E-state index in [9.17, 15) is 5.11 Å². The summed E-state index contributed by atoms with van der Waals surface area (Å²) in [7, 11) is 0. The molecule has 2 heteroatoms. The Morgan fingerprint density at radius 2 is 1.62 bits per heavy atom. The van der Waals surface area contributed by atoms with Crippen molar-refractivity contribution in [2.24, 2.45) is 17.8 Å². The molecule has 1 aliphatic heterocycles. The first-order valence-corrected chi connectivity index (χ1v) is 5.53. The van der Waals surface area contributed by atoms with Crippen molar-refractivity contribution in [3.05, 3.63) is 0 Å². The Labute approximate surface area is 80.7 Å². The molecule has 76 valence electrons. The molecule has 2 N–H and O–H groups in total. The molecule has 0 spiro atoms. The molecule has 2 aliphatic rings. The Morgan fingerprint density at radius 1 is 1.08 bits per heavy atom. The van der Waals surface area contributed by atoms with Gasteiger partial charge in [0.1, 0.15) is 0 Å². The highest BCUT2D eigenvalue weighted by Crippen LogP contribution is 2.40. The Balaban J connectivity index is 1.98. The summed E-state index contributed by atoms with van der Waals surface area (Å²) in [5, 5.41) is 13.4. The number of hydrogen-bond donors (Lipinski definition) is 2. The van der Waals surface area contributed by atoms with Crippen molar-refractivity contribution in [1.82, 2.24) is 5.32 Å². The van der Waals surface area contributed by atoms with Crippen LogP contribution in [-0.4, -0.2) is 23.8 Å². The van der Waals surface area contributed by atoms with Crippen LogP contribution in [0.3, 0.4) is 0 Å². The van der Waals surface area contributed by atoms with Crippen LogP contribution >= 0.6 is 0 Å². The molecule has 0 radical (unpaired) electrons. The van der Waals surface area contributed by atoms with Crippen molar-refractivity contribution in [1.29, 1.82) is 0 Å². The van der Waals surface area contributed by atoms with Crippen molar-refractivity contribution >= 4 is 0 Å². The first-order valence-electron chi connectivity index (χ1n) is 5.53. The zero-order chi connectivity index (χ0) is 9.47. The van der Waals surface area contributed by atoms with Crippen LogP contribution in [0.15, 0.2) is 0 Å². The van der Waals surface area contributed by atoms with E-state index in [4.69, 9.17) is 0 Å². The van der Waals surface area contributed by atoms with Crippen LogP contribution in [0, 0.1) is 17.8 Å². The summed E-state index contributed by atoms with van der Waals surface area (Å²) in [5.74, 6) is 2.16. The molecule has 1 aliphatic carbocycles. The summed E-state index contributed by atoms with van der Waals surface area (Å²) in [6.07, 6.45) is 3.80. The maximum absolute atomic E-state index is 10.2. The molecule has 1 heterocycles. The molecular weight excluding hydrogens is 162 g/mol. The Kier molecular flexibility index (Phi) is 2.37. The van der Waals surface area contributed by atoms with E-state index in [-0.39, 0.29) is 5.60 Å². The van der Waals surface area contributed by atoms with E-state index >= 15 is 0 Å². The number of β-amino-alcohol motifs (C(OH)–C–C–N with tert-alkyl or cyclic N) is 1. The van der Waals surface area contributed by atoms with Crippen LogP contribution in [0.25, 0.3) is 0 Å². The predicted octanol–water partition coefficient (Wildman–Crippen LogP) is 1.39. The molecule has 1 saturated carbocycles. The summed E-state index contributed by atoms with van der Waals surface area (Å²) in [5.41, 5.74) is -0.358. The summed E-state index contributed by atoms with van der Waals surface area (Å²) in [4.78, 5) is 0. The quantitative estimate of drug-likeness (QED) is 0.644. The molecule has 2 unspecified atom stereocenters. The monoisotopic (exact) mass is 183 g/mol. The van der Waals surface area contributed by atoms with E-state index in [0.717, 1.165) is 24.9 Å². The van der Waals surface area contributed by atoms with Gasteiger partial charge in [0, 0.05) is 13.1 Å².